The first-order valence-corrected chi connectivity index (χ1v) is 21.9. The van der Waals surface area contributed by atoms with Gasteiger partial charge in [-0.1, -0.05) is 90.7 Å². The van der Waals surface area contributed by atoms with E-state index in [-0.39, 0.29) is 18.3 Å². The Bertz CT molecular complexity index is 972. The molecule has 0 N–H and O–H groups in total. The van der Waals surface area contributed by atoms with Crippen molar-refractivity contribution in [3.05, 3.63) is 11.6 Å². The molecule has 4 rings (SSSR count). The predicted molar refractivity (Wildman–Crippen MR) is 209 cm³/mol. The van der Waals surface area contributed by atoms with Crippen molar-refractivity contribution in [3.8, 4) is 0 Å². The van der Waals surface area contributed by atoms with E-state index in [1.807, 2.05) is 0 Å². The molecule has 4 aliphatic carbocycles. The van der Waals surface area contributed by atoms with Crippen molar-refractivity contribution in [2.75, 3.05) is 0 Å². The molecule has 0 bridgehead atoms. The lowest BCUT2D eigenvalue weighted by Crippen LogP contribution is -2.53. The van der Waals surface area contributed by atoms with Crippen LogP contribution in [0.1, 0.15) is 205 Å². The minimum absolute atomic E-state index is 0.0340. The van der Waals surface area contributed by atoms with Crippen molar-refractivity contribution in [3.63, 3.8) is 0 Å². The topological polar surface area (TPSA) is 27.7 Å². The Hall–Kier alpha value is -0.380. The Labute approximate surface area is 306 Å². The summed E-state index contributed by atoms with van der Waals surface area (Å²) in [6.45, 7) is 25.4. The van der Waals surface area contributed by atoms with Gasteiger partial charge in [0.15, 0.2) is 0 Å². The zero-order valence-electron chi connectivity index (χ0n) is 34.7. The number of allylic oxidation sites excluding steroid dienone is 2. The molecule has 4 saturated carbocycles. The van der Waals surface area contributed by atoms with Gasteiger partial charge in [0.1, 0.15) is 0 Å². The van der Waals surface area contributed by atoms with Crippen LogP contribution >= 0.6 is 0 Å². The van der Waals surface area contributed by atoms with Crippen LogP contribution in [0.3, 0.4) is 0 Å². The maximum atomic E-state index is 6.53. The van der Waals surface area contributed by atoms with Gasteiger partial charge in [-0.2, -0.15) is 0 Å². The lowest BCUT2D eigenvalue weighted by atomic mass is 9.44. The van der Waals surface area contributed by atoms with Gasteiger partial charge in [0.05, 0.1) is 18.3 Å². The van der Waals surface area contributed by atoms with Crippen molar-refractivity contribution >= 4 is 0 Å². The zero-order chi connectivity index (χ0) is 35.8. The fourth-order valence-corrected chi connectivity index (χ4v) is 12.5. The molecule has 2 unspecified atom stereocenters. The third kappa shape index (κ3) is 10.6. The van der Waals surface area contributed by atoms with Crippen molar-refractivity contribution in [2.24, 2.45) is 52.3 Å². The van der Waals surface area contributed by atoms with Crippen molar-refractivity contribution in [1.82, 2.24) is 0 Å². The van der Waals surface area contributed by atoms with Gasteiger partial charge >= 0.3 is 0 Å². The smallest absolute Gasteiger partial charge is 0.284 e. The van der Waals surface area contributed by atoms with Crippen LogP contribution in [0.4, 0.5) is 0 Å². The molecule has 3 heteroatoms. The molecular formula is C46H84O3. The number of fused-ring (bicyclic) bond motifs is 5. The highest BCUT2D eigenvalue weighted by Gasteiger charge is 2.60. The molecule has 0 aromatic heterocycles. The lowest BCUT2D eigenvalue weighted by molar-refractivity contribution is -0.414. The van der Waals surface area contributed by atoms with Gasteiger partial charge in [-0.15, -0.1) is 0 Å². The van der Waals surface area contributed by atoms with E-state index in [1.165, 1.54) is 116 Å². The van der Waals surface area contributed by atoms with Gasteiger partial charge in [0, 0.05) is 6.42 Å². The molecule has 49 heavy (non-hydrogen) atoms. The normalized spacial score (nSPS) is 33.5. The van der Waals surface area contributed by atoms with E-state index in [4.69, 9.17) is 14.2 Å². The number of unbranched alkanes of at least 4 members (excludes halogenated alkanes) is 4. The largest absolute Gasteiger partial charge is 0.325 e. The summed E-state index contributed by atoms with van der Waals surface area (Å²) < 4.78 is 19.6. The maximum Gasteiger partial charge on any atom is 0.284 e. The van der Waals surface area contributed by atoms with E-state index < -0.39 is 5.97 Å². The van der Waals surface area contributed by atoms with Crippen LogP contribution < -0.4 is 0 Å². The molecule has 0 heterocycles. The molecule has 0 saturated heterocycles. The fraction of sp³-hybridized carbons (Fsp3) is 0.957. The summed E-state index contributed by atoms with van der Waals surface area (Å²) in [7, 11) is 0. The molecule has 286 valence electrons. The molecule has 0 amide bonds. The fourth-order valence-electron chi connectivity index (χ4n) is 12.5. The average Bonchev–Trinajstić information content (AvgIpc) is 3.36. The third-order valence-electron chi connectivity index (χ3n) is 14.5. The van der Waals surface area contributed by atoms with E-state index in [0.29, 0.717) is 16.7 Å². The van der Waals surface area contributed by atoms with Gasteiger partial charge in [0.2, 0.25) is 0 Å². The second-order valence-corrected chi connectivity index (χ2v) is 19.4. The molecule has 0 aromatic carbocycles. The van der Waals surface area contributed by atoms with Crippen LogP contribution in [0.15, 0.2) is 11.6 Å². The predicted octanol–water partition coefficient (Wildman–Crippen LogP) is 14.1. The minimum atomic E-state index is -1.00. The van der Waals surface area contributed by atoms with Gasteiger partial charge < -0.3 is 14.2 Å². The highest BCUT2D eigenvalue weighted by atomic mass is 16.9. The summed E-state index contributed by atoms with van der Waals surface area (Å²) in [5.41, 5.74) is 2.79. The highest BCUT2D eigenvalue weighted by Crippen LogP contribution is 2.68. The summed E-state index contributed by atoms with van der Waals surface area (Å²) >= 11 is 0. The van der Waals surface area contributed by atoms with E-state index >= 15 is 0 Å². The Morgan fingerprint density at radius 1 is 0.694 bits per heavy atom. The molecule has 0 aromatic rings. The SMILES string of the molecule is CCCCCCCC(C=C(C)CCC[C@@H](C)[C@H]1CC[C@H]2[C@@H]3CCC4CCCC[C@]4(C)[C@H]3CC[C@]12C)CC(OC(C)C)(OC(C)C)OC(C)C. The van der Waals surface area contributed by atoms with Gasteiger partial charge in [-0.05, 0) is 171 Å². The van der Waals surface area contributed by atoms with Crippen molar-refractivity contribution in [2.45, 2.75) is 229 Å². The van der Waals surface area contributed by atoms with E-state index in [2.05, 4.69) is 82.2 Å². The molecule has 0 radical (unpaired) electrons. The first kappa shape index (κ1) is 41.4. The number of hydrogen-bond donors (Lipinski definition) is 0. The van der Waals surface area contributed by atoms with Gasteiger partial charge in [0.25, 0.3) is 5.97 Å². The van der Waals surface area contributed by atoms with Gasteiger partial charge in [-0.3, -0.25) is 0 Å². The molecule has 4 aliphatic rings. The van der Waals surface area contributed by atoms with Gasteiger partial charge in [-0.25, -0.2) is 0 Å². The standard InChI is InChI=1S/C46H84O3/c1-12-13-14-15-16-22-38(32-46(47-33(2)3,48-34(4)5)49-35(6)7)31-36(8)20-19-21-37(9)41-26-27-42-40-25-24-39-23-17-18-29-44(39,10)43(40)28-30-45(41,42)11/h31,33-35,37-43H,12-30,32H2,1-11H3/t37-,38?,39?,40+,41-,42+,43+,44+,45-/m1/s1. The van der Waals surface area contributed by atoms with E-state index in [1.54, 1.807) is 12.0 Å². The number of rotatable bonds is 20. The first-order valence-electron chi connectivity index (χ1n) is 21.9. The monoisotopic (exact) mass is 685 g/mol. The molecule has 0 spiro atoms. The Morgan fingerprint density at radius 2 is 1.35 bits per heavy atom. The molecule has 3 nitrogen and oxygen atoms in total. The van der Waals surface area contributed by atoms with Crippen LogP contribution in [0.25, 0.3) is 0 Å². The van der Waals surface area contributed by atoms with Crippen LogP contribution in [0, 0.1) is 52.3 Å². The first-order chi connectivity index (χ1) is 23.2. The molecular weight excluding hydrogens is 601 g/mol. The maximum absolute atomic E-state index is 6.53. The summed E-state index contributed by atoms with van der Waals surface area (Å²) in [6, 6.07) is 0. The third-order valence-corrected chi connectivity index (χ3v) is 14.5. The second kappa shape index (κ2) is 18.6. The van der Waals surface area contributed by atoms with Crippen molar-refractivity contribution in [1.29, 1.82) is 0 Å². The number of hydrogen-bond acceptors (Lipinski definition) is 3. The van der Waals surface area contributed by atoms with E-state index in [9.17, 15) is 0 Å². The summed E-state index contributed by atoms with van der Waals surface area (Å²) in [4.78, 5) is 0. The molecule has 0 aliphatic heterocycles. The Balaban J connectivity index is 1.38. The second-order valence-electron chi connectivity index (χ2n) is 19.4. The van der Waals surface area contributed by atoms with E-state index in [0.717, 1.165) is 41.9 Å². The summed E-state index contributed by atoms with van der Waals surface area (Å²) in [5.74, 6) is 5.21. The number of ether oxygens (including phenoxy) is 3. The van der Waals surface area contributed by atoms with Crippen LogP contribution in [-0.2, 0) is 14.2 Å². The summed E-state index contributed by atoms with van der Waals surface area (Å²) in [5, 5.41) is 0. The summed E-state index contributed by atoms with van der Waals surface area (Å²) in [6.07, 6.45) is 30.2. The van der Waals surface area contributed by atoms with Crippen LogP contribution in [0.2, 0.25) is 0 Å². The van der Waals surface area contributed by atoms with Crippen LogP contribution in [-0.4, -0.2) is 24.3 Å². The Morgan fingerprint density at radius 3 is 2.00 bits per heavy atom. The molecule has 4 fully saturated rings. The zero-order valence-corrected chi connectivity index (χ0v) is 34.7. The van der Waals surface area contributed by atoms with Crippen molar-refractivity contribution < 1.29 is 14.2 Å². The highest BCUT2D eigenvalue weighted by molar-refractivity contribution is 5.09. The lowest BCUT2D eigenvalue weighted by Gasteiger charge is -2.61. The molecule has 9 atom stereocenters. The van der Waals surface area contributed by atoms with Crippen LogP contribution in [0.5, 0.6) is 0 Å². The minimum Gasteiger partial charge on any atom is -0.325 e. The Kier molecular flexibility index (Phi) is 15.7. The quantitative estimate of drug-likeness (QED) is 0.0726. The average molecular weight is 685 g/mol.